The minimum absolute atomic E-state index is 0.345. The molecule has 1 rings (SSSR count). The lowest BCUT2D eigenvalue weighted by Gasteiger charge is -2.12. The second kappa shape index (κ2) is 7.80. The molecule has 0 amide bonds. The molecule has 1 aromatic rings. The van der Waals surface area contributed by atoms with Crippen LogP contribution in [0.15, 0.2) is 17.7 Å². The van der Waals surface area contributed by atoms with Crippen LogP contribution >= 0.6 is 11.6 Å². The maximum atomic E-state index is 11.6. The van der Waals surface area contributed by atoms with Gasteiger partial charge in [0.25, 0.3) is 0 Å². The smallest absolute Gasteiger partial charge is 0.333 e. The third-order valence-electron chi connectivity index (χ3n) is 2.52. The van der Waals surface area contributed by atoms with E-state index in [4.69, 9.17) is 25.8 Å². The fourth-order valence-corrected chi connectivity index (χ4v) is 1.98. The highest BCUT2D eigenvalue weighted by atomic mass is 35.5. The van der Waals surface area contributed by atoms with Gasteiger partial charge < -0.3 is 14.2 Å². The van der Waals surface area contributed by atoms with Crippen molar-refractivity contribution in [2.75, 3.05) is 20.3 Å². The van der Waals surface area contributed by atoms with Crippen LogP contribution in [-0.2, 0) is 9.53 Å². The second-order valence-corrected chi connectivity index (χ2v) is 4.42. The highest BCUT2D eigenvalue weighted by Crippen LogP contribution is 2.36. The second-order valence-electron chi connectivity index (χ2n) is 4.01. The summed E-state index contributed by atoms with van der Waals surface area (Å²) in [7, 11) is 1.53. The Morgan fingerprint density at radius 3 is 2.55 bits per heavy atom. The summed E-state index contributed by atoms with van der Waals surface area (Å²) in [6.07, 6.45) is 1.70. The van der Waals surface area contributed by atoms with Gasteiger partial charge >= 0.3 is 5.97 Å². The van der Waals surface area contributed by atoms with E-state index in [1.807, 2.05) is 6.92 Å². The molecule has 0 aliphatic heterocycles. The summed E-state index contributed by atoms with van der Waals surface area (Å²) in [6.45, 7) is 6.17. The number of benzene rings is 1. The summed E-state index contributed by atoms with van der Waals surface area (Å²) < 4.78 is 15.6. The third kappa shape index (κ3) is 4.17. The lowest BCUT2D eigenvalue weighted by molar-refractivity contribution is -0.138. The zero-order valence-corrected chi connectivity index (χ0v) is 12.9. The van der Waals surface area contributed by atoms with Crippen molar-refractivity contribution in [2.24, 2.45) is 0 Å². The van der Waals surface area contributed by atoms with Crippen LogP contribution in [-0.4, -0.2) is 26.3 Å². The van der Waals surface area contributed by atoms with Crippen LogP contribution in [0, 0.1) is 0 Å². The monoisotopic (exact) mass is 298 g/mol. The van der Waals surface area contributed by atoms with E-state index < -0.39 is 0 Å². The molecular formula is C15H19ClO4. The molecule has 110 valence electrons. The maximum Gasteiger partial charge on any atom is 0.333 e. The molecule has 0 bridgehead atoms. The van der Waals surface area contributed by atoms with Gasteiger partial charge in [-0.3, -0.25) is 0 Å². The van der Waals surface area contributed by atoms with Gasteiger partial charge in [-0.2, -0.15) is 0 Å². The Morgan fingerprint density at radius 1 is 1.30 bits per heavy atom. The number of methoxy groups -OCH3 is 1. The van der Waals surface area contributed by atoms with Crippen LogP contribution < -0.4 is 9.47 Å². The predicted molar refractivity (Wildman–Crippen MR) is 79.5 cm³/mol. The van der Waals surface area contributed by atoms with Crippen LogP contribution in [0.5, 0.6) is 11.5 Å². The summed E-state index contributed by atoms with van der Waals surface area (Å²) in [5.74, 6) is 0.683. The quantitative estimate of drug-likeness (QED) is 0.593. The molecular weight excluding hydrogens is 280 g/mol. The molecule has 0 aliphatic rings. The first-order chi connectivity index (χ1) is 9.53. The van der Waals surface area contributed by atoms with Crippen molar-refractivity contribution in [3.8, 4) is 11.5 Å². The third-order valence-corrected chi connectivity index (χ3v) is 2.80. The Kier molecular flexibility index (Phi) is 6.39. The van der Waals surface area contributed by atoms with Gasteiger partial charge in [0.05, 0.1) is 25.3 Å². The molecule has 20 heavy (non-hydrogen) atoms. The van der Waals surface area contributed by atoms with Crippen molar-refractivity contribution in [1.29, 1.82) is 0 Å². The molecule has 0 saturated carbocycles. The van der Waals surface area contributed by atoms with E-state index in [1.165, 1.54) is 7.11 Å². The van der Waals surface area contributed by atoms with Crippen LogP contribution in [0.3, 0.4) is 0 Å². The van der Waals surface area contributed by atoms with E-state index >= 15 is 0 Å². The predicted octanol–water partition coefficient (Wildman–Crippen LogP) is 3.71. The molecule has 0 N–H and O–H groups in total. The Balaban J connectivity index is 3.13. The zero-order valence-electron chi connectivity index (χ0n) is 12.2. The van der Waals surface area contributed by atoms with Gasteiger partial charge in [-0.05, 0) is 44.5 Å². The fourth-order valence-electron chi connectivity index (χ4n) is 1.69. The number of rotatable bonds is 6. The van der Waals surface area contributed by atoms with Crippen molar-refractivity contribution in [2.45, 2.75) is 20.8 Å². The number of esters is 1. The standard InChI is InChI=1S/C15H19ClO4/c1-5-19-13-9-11(8-12(16)14(13)18-4)7-10(3)15(17)20-6-2/h7-9H,5-6H2,1-4H3/b10-7+. The number of ether oxygens (including phenoxy) is 3. The number of hydrogen-bond acceptors (Lipinski definition) is 4. The van der Waals surface area contributed by atoms with Crippen molar-refractivity contribution in [3.63, 3.8) is 0 Å². The molecule has 4 nitrogen and oxygen atoms in total. The van der Waals surface area contributed by atoms with Gasteiger partial charge in [0.15, 0.2) is 11.5 Å². The summed E-state index contributed by atoms with van der Waals surface area (Å²) in [4.78, 5) is 11.6. The normalized spacial score (nSPS) is 11.2. The first-order valence-corrected chi connectivity index (χ1v) is 6.77. The first-order valence-electron chi connectivity index (χ1n) is 6.39. The largest absolute Gasteiger partial charge is 0.491 e. The topological polar surface area (TPSA) is 44.8 Å². The Morgan fingerprint density at radius 2 is 2.00 bits per heavy atom. The van der Waals surface area contributed by atoms with E-state index in [0.717, 1.165) is 5.56 Å². The molecule has 0 aliphatic carbocycles. The van der Waals surface area contributed by atoms with E-state index in [9.17, 15) is 4.79 Å². The molecule has 0 saturated heterocycles. The Labute approximate surface area is 124 Å². The highest BCUT2D eigenvalue weighted by Gasteiger charge is 2.12. The average molecular weight is 299 g/mol. The molecule has 5 heteroatoms. The van der Waals surface area contributed by atoms with Crippen LogP contribution in [0.2, 0.25) is 5.02 Å². The summed E-state index contributed by atoms with van der Waals surface area (Å²) in [5, 5.41) is 0.432. The summed E-state index contributed by atoms with van der Waals surface area (Å²) in [5.41, 5.74) is 1.25. The van der Waals surface area contributed by atoms with Crippen molar-refractivity contribution < 1.29 is 19.0 Å². The van der Waals surface area contributed by atoms with Gasteiger partial charge in [0, 0.05) is 5.57 Å². The molecule has 0 spiro atoms. The fraction of sp³-hybridized carbons (Fsp3) is 0.400. The highest BCUT2D eigenvalue weighted by molar-refractivity contribution is 6.32. The minimum atomic E-state index is -0.350. The van der Waals surface area contributed by atoms with Crippen LogP contribution in [0.4, 0.5) is 0 Å². The lowest BCUT2D eigenvalue weighted by atomic mass is 10.1. The molecule has 0 atom stereocenters. The van der Waals surface area contributed by atoms with Crippen molar-refractivity contribution in [1.82, 2.24) is 0 Å². The maximum absolute atomic E-state index is 11.6. The van der Waals surface area contributed by atoms with E-state index in [-0.39, 0.29) is 5.97 Å². The van der Waals surface area contributed by atoms with E-state index in [2.05, 4.69) is 0 Å². The molecule has 0 radical (unpaired) electrons. The SMILES string of the molecule is CCOC(=O)/C(C)=C/c1cc(Cl)c(OC)c(OCC)c1. The van der Waals surface area contributed by atoms with Gasteiger partial charge in [-0.1, -0.05) is 11.6 Å². The average Bonchev–Trinajstić information content (AvgIpc) is 2.39. The summed E-state index contributed by atoms with van der Waals surface area (Å²) >= 11 is 6.14. The van der Waals surface area contributed by atoms with Crippen LogP contribution in [0.25, 0.3) is 6.08 Å². The molecule has 0 heterocycles. The van der Waals surface area contributed by atoms with E-state index in [0.29, 0.717) is 35.3 Å². The number of hydrogen-bond donors (Lipinski definition) is 0. The van der Waals surface area contributed by atoms with E-state index in [1.54, 1.807) is 32.1 Å². The molecule has 0 unspecified atom stereocenters. The molecule has 0 aromatic heterocycles. The number of carbonyl (C=O) groups is 1. The number of halogens is 1. The molecule has 0 fully saturated rings. The van der Waals surface area contributed by atoms with Gasteiger partial charge in [0.2, 0.25) is 0 Å². The van der Waals surface area contributed by atoms with Crippen molar-refractivity contribution in [3.05, 3.63) is 28.3 Å². The Bertz CT molecular complexity index is 509. The minimum Gasteiger partial charge on any atom is -0.491 e. The van der Waals surface area contributed by atoms with Gasteiger partial charge in [-0.25, -0.2) is 4.79 Å². The summed E-state index contributed by atoms with van der Waals surface area (Å²) in [6, 6.07) is 3.49. The van der Waals surface area contributed by atoms with Gasteiger partial charge in [-0.15, -0.1) is 0 Å². The van der Waals surface area contributed by atoms with Crippen molar-refractivity contribution >= 4 is 23.6 Å². The first kappa shape index (κ1) is 16.4. The Hall–Kier alpha value is -1.68. The zero-order chi connectivity index (χ0) is 15.1. The molecule has 1 aromatic carbocycles. The number of carbonyl (C=O) groups excluding carboxylic acids is 1. The lowest BCUT2D eigenvalue weighted by Crippen LogP contribution is -2.04. The van der Waals surface area contributed by atoms with Gasteiger partial charge in [0.1, 0.15) is 0 Å². The van der Waals surface area contributed by atoms with Crippen LogP contribution in [0.1, 0.15) is 26.3 Å².